The van der Waals surface area contributed by atoms with Crippen LogP contribution in [-0.2, 0) is 4.79 Å². The number of amides is 1. The van der Waals surface area contributed by atoms with Gasteiger partial charge in [-0.15, -0.1) is 11.8 Å². The van der Waals surface area contributed by atoms with E-state index in [1.807, 2.05) is 0 Å². The number of carbonyl (C=O) groups is 1. The lowest BCUT2D eigenvalue weighted by Crippen LogP contribution is -2.13. The van der Waals surface area contributed by atoms with Gasteiger partial charge in [-0.05, 0) is 42.5 Å². The number of aromatic nitrogens is 1. The lowest BCUT2D eigenvalue weighted by Gasteiger charge is -2.09. The molecule has 0 saturated carbocycles. The van der Waals surface area contributed by atoms with Crippen LogP contribution < -0.4 is 10.1 Å². The lowest BCUT2D eigenvalue weighted by atomic mass is 10.3. The van der Waals surface area contributed by atoms with Gasteiger partial charge in [-0.3, -0.25) is 9.78 Å². The van der Waals surface area contributed by atoms with Gasteiger partial charge in [0.25, 0.3) is 0 Å². The number of benzene rings is 2. The molecule has 7 heteroatoms. The summed E-state index contributed by atoms with van der Waals surface area (Å²) in [6.45, 7) is 0. The Bertz CT molecular complexity index is 907. The largest absolute Gasteiger partial charge is 0.457 e. The number of nitrogens with one attached hydrogen (secondary N) is 1. The van der Waals surface area contributed by atoms with E-state index in [-0.39, 0.29) is 11.7 Å². The molecule has 0 aliphatic rings. The first-order valence-corrected chi connectivity index (χ1v) is 8.64. The molecule has 1 aromatic heterocycles. The summed E-state index contributed by atoms with van der Waals surface area (Å²) in [5.41, 5.74) is 0.576. The summed E-state index contributed by atoms with van der Waals surface area (Å²) in [7, 11) is 0. The molecule has 26 heavy (non-hydrogen) atoms. The first-order chi connectivity index (χ1) is 12.6. The van der Waals surface area contributed by atoms with Gasteiger partial charge in [-0.1, -0.05) is 6.07 Å². The zero-order valence-corrected chi connectivity index (χ0v) is 14.3. The topological polar surface area (TPSA) is 51.2 Å². The predicted molar refractivity (Wildman–Crippen MR) is 96.5 cm³/mol. The highest BCUT2D eigenvalue weighted by Gasteiger charge is 2.07. The fourth-order valence-corrected chi connectivity index (χ4v) is 2.81. The van der Waals surface area contributed by atoms with Gasteiger partial charge in [-0.25, -0.2) is 8.78 Å². The molecule has 0 aliphatic carbocycles. The zero-order chi connectivity index (χ0) is 18.4. The fourth-order valence-electron chi connectivity index (χ4n) is 2.09. The molecule has 0 radical (unpaired) electrons. The normalized spacial score (nSPS) is 10.4. The number of pyridine rings is 1. The Labute approximate surface area is 153 Å². The van der Waals surface area contributed by atoms with Crippen molar-refractivity contribution in [3.8, 4) is 11.5 Å². The van der Waals surface area contributed by atoms with E-state index in [0.717, 1.165) is 23.9 Å². The molecule has 0 spiro atoms. The molecule has 0 aliphatic heterocycles. The van der Waals surface area contributed by atoms with Crippen LogP contribution in [0.1, 0.15) is 0 Å². The van der Waals surface area contributed by atoms with E-state index in [1.165, 1.54) is 6.07 Å². The van der Waals surface area contributed by atoms with Crippen LogP contribution in [0.15, 0.2) is 71.9 Å². The summed E-state index contributed by atoms with van der Waals surface area (Å²) >= 11 is 1.12. The molecule has 132 valence electrons. The van der Waals surface area contributed by atoms with Gasteiger partial charge in [-0.2, -0.15) is 0 Å². The zero-order valence-electron chi connectivity index (χ0n) is 13.5. The van der Waals surface area contributed by atoms with Crippen molar-refractivity contribution in [2.45, 2.75) is 4.90 Å². The van der Waals surface area contributed by atoms with Crippen LogP contribution in [0.2, 0.25) is 0 Å². The number of rotatable bonds is 6. The number of halogens is 2. The Balaban J connectivity index is 1.57. The van der Waals surface area contributed by atoms with Gasteiger partial charge < -0.3 is 10.1 Å². The number of nitrogens with zero attached hydrogens (tertiary/aromatic N) is 1. The molecular weight excluding hydrogens is 358 g/mol. The highest BCUT2D eigenvalue weighted by Crippen LogP contribution is 2.24. The summed E-state index contributed by atoms with van der Waals surface area (Å²) in [6.07, 6.45) is 3.24. The highest BCUT2D eigenvalue weighted by molar-refractivity contribution is 8.00. The quantitative estimate of drug-likeness (QED) is 0.627. The van der Waals surface area contributed by atoms with E-state index in [2.05, 4.69) is 10.3 Å². The number of hydrogen-bond donors (Lipinski definition) is 1. The van der Waals surface area contributed by atoms with Crippen molar-refractivity contribution in [3.05, 3.63) is 78.6 Å². The smallest absolute Gasteiger partial charge is 0.234 e. The van der Waals surface area contributed by atoms with Crippen molar-refractivity contribution in [1.82, 2.24) is 4.98 Å². The maximum Gasteiger partial charge on any atom is 0.234 e. The third-order valence-electron chi connectivity index (χ3n) is 3.26. The summed E-state index contributed by atoms with van der Waals surface area (Å²) < 4.78 is 31.7. The highest BCUT2D eigenvalue weighted by atomic mass is 32.2. The number of ether oxygens (including phenoxy) is 1. The Hall–Kier alpha value is -2.93. The Morgan fingerprint density at radius 1 is 1.00 bits per heavy atom. The minimum atomic E-state index is -0.934. The standard InChI is InChI=1S/C19H14F2N2O2S/c20-17-5-4-16(11-18(17)21)26-12-19(24)23-13-2-1-3-15(10-13)25-14-6-8-22-9-7-14/h1-11H,12H2,(H,23,24). The van der Waals surface area contributed by atoms with Gasteiger partial charge in [0.05, 0.1) is 5.75 Å². The monoisotopic (exact) mass is 372 g/mol. The van der Waals surface area contributed by atoms with Crippen LogP contribution in [0, 0.1) is 11.6 Å². The number of carbonyl (C=O) groups excluding carboxylic acids is 1. The number of hydrogen-bond acceptors (Lipinski definition) is 4. The van der Waals surface area contributed by atoms with Crippen molar-refractivity contribution in [3.63, 3.8) is 0 Å². The molecule has 3 rings (SSSR count). The minimum Gasteiger partial charge on any atom is -0.457 e. The van der Waals surface area contributed by atoms with Gasteiger partial charge >= 0.3 is 0 Å². The Morgan fingerprint density at radius 2 is 1.81 bits per heavy atom. The second kappa shape index (κ2) is 8.44. The molecule has 3 aromatic rings. The van der Waals surface area contributed by atoms with Crippen LogP contribution >= 0.6 is 11.8 Å². The molecular formula is C19H14F2N2O2S. The fraction of sp³-hybridized carbons (Fsp3) is 0.0526. The summed E-state index contributed by atoms with van der Waals surface area (Å²) in [5, 5.41) is 2.74. The molecule has 0 saturated heterocycles. The second-order valence-corrected chi connectivity index (χ2v) is 6.27. The van der Waals surface area contributed by atoms with Crippen molar-refractivity contribution in [2.75, 3.05) is 11.1 Å². The van der Waals surface area contributed by atoms with E-state index < -0.39 is 11.6 Å². The number of thioether (sulfide) groups is 1. The first kappa shape index (κ1) is 17.9. The van der Waals surface area contributed by atoms with Crippen LogP contribution in [-0.4, -0.2) is 16.6 Å². The van der Waals surface area contributed by atoms with Gasteiger partial charge in [0.2, 0.25) is 5.91 Å². The molecule has 1 heterocycles. The summed E-state index contributed by atoms with van der Waals surface area (Å²) in [5.74, 6) is -0.831. The average Bonchev–Trinajstić information content (AvgIpc) is 2.64. The van der Waals surface area contributed by atoms with Crippen molar-refractivity contribution in [1.29, 1.82) is 0 Å². The minimum absolute atomic E-state index is 0.0700. The van der Waals surface area contributed by atoms with Gasteiger partial charge in [0.15, 0.2) is 11.6 Å². The first-order valence-electron chi connectivity index (χ1n) is 7.66. The predicted octanol–water partition coefficient (Wildman–Crippen LogP) is 4.88. The van der Waals surface area contributed by atoms with Gasteiger partial charge in [0, 0.05) is 29.0 Å². The summed E-state index contributed by atoms with van der Waals surface area (Å²) in [4.78, 5) is 16.5. The molecule has 0 fully saturated rings. The number of anilines is 1. The Kier molecular flexibility index (Phi) is 5.80. The molecule has 1 N–H and O–H groups in total. The third-order valence-corrected chi connectivity index (χ3v) is 4.26. The molecule has 1 amide bonds. The molecule has 2 aromatic carbocycles. The van der Waals surface area contributed by atoms with E-state index >= 15 is 0 Å². The van der Waals surface area contributed by atoms with Crippen LogP contribution in [0.4, 0.5) is 14.5 Å². The van der Waals surface area contributed by atoms with Crippen molar-refractivity contribution in [2.24, 2.45) is 0 Å². The maximum absolute atomic E-state index is 13.2. The third kappa shape index (κ3) is 5.03. The van der Waals surface area contributed by atoms with Crippen LogP contribution in [0.3, 0.4) is 0 Å². The summed E-state index contributed by atoms with van der Waals surface area (Å²) in [6, 6.07) is 13.9. The maximum atomic E-state index is 13.2. The molecule has 0 atom stereocenters. The van der Waals surface area contributed by atoms with E-state index in [1.54, 1.807) is 48.8 Å². The van der Waals surface area contributed by atoms with E-state index in [9.17, 15) is 13.6 Å². The van der Waals surface area contributed by atoms with Crippen molar-refractivity contribution < 1.29 is 18.3 Å². The molecule has 4 nitrogen and oxygen atoms in total. The molecule has 0 bridgehead atoms. The van der Waals surface area contributed by atoms with Crippen LogP contribution in [0.5, 0.6) is 11.5 Å². The lowest BCUT2D eigenvalue weighted by molar-refractivity contribution is -0.113. The SMILES string of the molecule is O=C(CSc1ccc(F)c(F)c1)Nc1cccc(Oc2ccncc2)c1. The average molecular weight is 372 g/mol. The van der Waals surface area contributed by atoms with Crippen LogP contribution in [0.25, 0.3) is 0 Å². The van der Waals surface area contributed by atoms with E-state index in [4.69, 9.17) is 4.74 Å². The molecule has 0 unspecified atom stereocenters. The van der Waals surface area contributed by atoms with Gasteiger partial charge in [0.1, 0.15) is 11.5 Å². The van der Waals surface area contributed by atoms with Crippen molar-refractivity contribution >= 4 is 23.4 Å². The second-order valence-electron chi connectivity index (χ2n) is 5.23. The van der Waals surface area contributed by atoms with E-state index in [0.29, 0.717) is 22.1 Å². The Morgan fingerprint density at radius 3 is 2.58 bits per heavy atom.